The van der Waals surface area contributed by atoms with E-state index in [1.165, 1.54) is 11.1 Å². The Hall–Kier alpha value is -2.65. The number of ether oxygens (including phenoxy) is 1. The molecule has 1 unspecified atom stereocenters. The molecule has 2 nitrogen and oxygen atoms in total. The number of halogens is 1. The van der Waals surface area contributed by atoms with Crippen molar-refractivity contribution in [2.75, 3.05) is 0 Å². The summed E-state index contributed by atoms with van der Waals surface area (Å²) in [5, 5.41) is 1.08. The average molecular weight is 402 g/mol. The Morgan fingerprint density at radius 3 is 2.42 bits per heavy atom. The number of hydrogen-bond donors (Lipinski definition) is 0. The third kappa shape index (κ3) is 2.51. The van der Waals surface area contributed by atoms with Crippen molar-refractivity contribution in [3.8, 4) is 17.0 Å². The summed E-state index contributed by atoms with van der Waals surface area (Å²) in [4.78, 5) is 5.00. The van der Waals surface area contributed by atoms with Crippen molar-refractivity contribution in [1.82, 2.24) is 4.98 Å². The van der Waals surface area contributed by atoms with Crippen LogP contribution >= 0.6 is 15.9 Å². The predicted octanol–water partition coefficient (Wildman–Crippen LogP) is 6.34. The highest BCUT2D eigenvalue weighted by atomic mass is 79.9. The second kappa shape index (κ2) is 6.26. The smallest absolute Gasteiger partial charge is 0.135 e. The molecule has 0 radical (unpaired) electrons. The molecule has 0 N–H and O–H groups in total. The molecule has 3 aromatic carbocycles. The number of fused-ring (bicyclic) bond motifs is 3. The van der Waals surface area contributed by atoms with Gasteiger partial charge in [0.15, 0.2) is 0 Å². The predicted molar refractivity (Wildman–Crippen MR) is 108 cm³/mol. The molecule has 3 heteroatoms. The third-order valence-corrected chi connectivity index (χ3v) is 5.58. The second-order valence-electron chi connectivity index (χ2n) is 6.49. The maximum Gasteiger partial charge on any atom is 0.135 e. The van der Waals surface area contributed by atoms with Gasteiger partial charge >= 0.3 is 0 Å². The van der Waals surface area contributed by atoms with Crippen LogP contribution in [-0.4, -0.2) is 4.98 Å². The highest BCUT2D eigenvalue weighted by Gasteiger charge is 2.30. The minimum absolute atomic E-state index is 0.0278. The van der Waals surface area contributed by atoms with Gasteiger partial charge in [-0.2, -0.15) is 0 Å². The molecule has 0 aliphatic carbocycles. The van der Waals surface area contributed by atoms with E-state index in [-0.39, 0.29) is 6.10 Å². The zero-order valence-electron chi connectivity index (χ0n) is 14.0. The first-order valence-corrected chi connectivity index (χ1v) is 9.48. The van der Waals surface area contributed by atoms with Crippen molar-refractivity contribution in [2.24, 2.45) is 0 Å². The fraction of sp³-hybridized carbons (Fsp3) is 0.0870. The first-order valence-electron chi connectivity index (χ1n) is 8.69. The monoisotopic (exact) mass is 401 g/mol. The van der Waals surface area contributed by atoms with E-state index in [4.69, 9.17) is 9.72 Å². The van der Waals surface area contributed by atoms with Crippen molar-refractivity contribution in [3.63, 3.8) is 0 Å². The number of nitrogens with zero attached hydrogens (tertiary/aromatic N) is 1. The minimum Gasteiger partial charge on any atom is -0.484 e. The molecule has 0 spiro atoms. The summed E-state index contributed by atoms with van der Waals surface area (Å²) >= 11 is 3.68. The van der Waals surface area contributed by atoms with E-state index >= 15 is 0 Å². The van der Waals surface area contributed by atoms with Crippen LogP contribution in [0.4, 0.5) is 0 Å². The van der Waals surface area contributed by atoms with Crippen molar-refractivity contribution in [3.05, 3.63) is 94.5 Å². The quantitative estimate of drug-likeness (QED) is 0.390. The standard InChI is InChI=1S/C23H16BrNO/c24-19-12-6-4-10-16(19)22-18-14-21(15-8-2-1-3-9-15)26-23(18)17-11-5-7-13-20(17)25-22/h1-13,21H,14H2. The lowest BCUT2D eigenvalue weighted by atomic mass is 9.97. The van der Waals surface area contributed by atoms with Gasteiger partial charge in [0.05, 0.1) is 11.2 Å². The fourth-order valence-electron chi connectivity index (χ4n) is 3.64. The van der Waals surface area contributed by atoms with Gasteiger partial charge < -0.3 is 4.74 Å². The summed E-state index contributed by atoms with van der Waals surface area (Å²) in [6.45, 7) is 0. The number of para-hydroxylation sites is 1. The normalized spacial score (nSPS) is 15.7. The highest BCUT2D eigenvalue weighted by Crippen LogP contribution is 2.46. The van der Waals surface area contributed by atoms with Crippen LogP contribution in [0.25, 0.3) is 22.2 Å². The average Bonchev–Trinajstić information content (AvgIpc) is 3.14. The van der Waals surface area contributed by atoms with Crippen LogP contribution in [0.2, 0.25) is 0 Å². The highest BCUT2D eigenvalue weighted by molar-refractivity contribution is 9.10. The molecule has 126 valence electrons. The fourth-order valence-corrected chi connectivity index (χ4v) is 4.12. The maximum atomic E-state index is 6.45. The van der Waals surface area contributed by atoms with Crippen LogP contribution in [0.1, 0.15) is 17.2 Å². The number of pyridine rings is 1. The maximum absolute atomic E-state index is 6.45. The second-order valence-corrected chi connectivity index (χ2v) is 7.34. The third-order valence-electron chi connectivity index (χ3n) is 4.89. The van der Waals surface area contributed by atoms with Gasteiger partial charge in [0.25, 0.3) is 0 Å². The van der Waals surface area contributed by atoms with E-state index in [1.807, 2.05) is 30.3 Å². The molecule has 1 atom stereocenters. The molecule has 1 aliphatic heterocycles. The lowest BCUT2D eigenvalue weighted by molar-refractivity contribution is 0.241. The van der Waals surface area contributed by atoms with Gasteiger partial charge in [-0.1, -0.05) is 76.6 Å². The lowest BCUT2D eigenvalue weighted by Crippen LogP contribution is -2.02. The molecule has 0 fully saturated rings. The van der Waals surface area contributed by atoms with E-state index in [1.54, 1.807) is 0 Å². The van der Waals surface area contributed by atoms with Crippen molar-refractivity contribution in [2.45, 2.75) is 12.5 Å². The van der Waals surface area contributed by atoms with Crippen molar-refractivity contribution < 1.29 is 4.74 Å². The van der Waals surface area contributed by atoms with Crippen molar-refractivity contribution >= 4 is 26.8 Å². The van der Waals surface area contributed by atoms with Crippen molar-refractivity contribution in [1.29, 1.82) is 0 Å². The zero-order valence-corrected chi connectivity index (χ0v) is 15.6. The summed E-state index contributed by atoms with van der Waals surface area (Å²) in [6.07, 6.45) is 0.855. The van der Waals surface area contributed by atoms with Gasteiger partial charge in [-0.25, -0.2) is 4.98 Å². The van der Waals surface area contributed by atoms with E-state index in [0.717, 1.165) is 38.8 Å². The topological polar surface area (TPSA) is 22.1 Å². The summed E-state index contributed by atoms with van der Waals surface area (Å²) in [6, 6.07) is 26.9. The molecule has 4 aromatic rings. The van der Waals surface area contributed by atoms with Crippen LogP contribution in [0.5, 0.6) is 5.75 Å². The molecule has 26 heavy (non-hydrogen) atoms. The van der Waals surface area contributed by atoms with Gasteiger partial charge in [0.1, 0.15) is 11.9 Å². The number of hydrogen-bond acceptors (Lipinski definition) is 2. The summed E-state index contributed by atoms with van der Waals surface area (Å²) in [5.74, 6) is 0.968. The molecular formula is C23H16BrNO. The number of benzene rings is 3. The van der Waals surface area contributed by atoms with E-state index < -0.39 is 0 Å². The lowest BCUT2D eigenvalue weighted by Gasteiger charge is -2.12. The van der Waals surface area contributed by atoms with Crippen LogP contribution in [0.15, 0.2) is 83.3 Å². The Labute approximate surface area is 160 Å². The molecular weight excluding hydrogens is 386 g/mol. The van der Waals surface area contributed by atoms with Crippen LogP contribution < -0.4 is 4.74 Å². The Morgan fingerprint density at radius 2 is 1.58 bits per heavy atom. The molecule has 0 saturated heterocycles. The van der Waals surface area contributed by atoms with Gasteiger partial charge in [-0.3, -0.25) is 0 Å². The summed E-state index contributed by atoms with van der Waals surface area (Å²) < 4.78 is 7.50. The minimum atomic E-state index is 0.0278. The van der Waals surface area contributed by atoms with Gasteiger partial charge in [-0.15, -0.1) is 0 Å². The first kappa shape index (κ1) is 15.6. The van der Waals surface area contributed by atoms with E-state index in [9.17, 15) is 0 Å². The Balaban J connectivity index is 1.73. The summed E-state index contributed by atoms with van der Waals surface area (Å²) in [7, 11) is 0. The van der Waals surface area contributed by atoms with Gasteiger partial charge in [-0.05, 0) is 23.8 Å². The largest absolute Gasteiger partial charge is 0.484 e. The SMILES string of the molecule is Brc1ccccc1-c1nc2ccccc2c2c1CC(c1ccccc1)O2. The number of rotatable bonds is 2. The Morgan fingerprint density at radius 1 is 0.846 bits per heavy atom. The van der Waals surface area contributed by atoms with E-state index in [2.05, 4.69) is 64.5 Å². The molecule has 5 rings (SSSR count). The molecule has 1 aromatic heterocycles. The Kier molecular flexibility index (Phi) is 3.75. The number of aromatic nitrogens is 1. The van der Waals surface area contributed by atoms with Crippen LogP contribution in [0.3, 0.4) is 0 Å². The molecule has 0 amide bonds. The molecule has 0 saturated carbocycles. The van der Waals surface area contributed by atoms with Gasteiger partial charge in [0, 0.05) is 27.4 Å². The van der Waals surface area contributed by atoms with Gasteiger partial charge in [0.2, 0.25) is 0 Å². The Bertz CT molecular complexity index is 1110. The molecule has 2 heterocycles. The van der Waals surface area contributed by atoms with E-state index in [0.29, 0.717) is 0 Å². The first-order chi connectivity index (χ1) is 12.8. The zero-order chi connectivity index (χ0) is 17.5. The van der Waals surface area contributed by atoms with Crippen LogP contribution in [-0.2, 0) is 6.42 Å². The molecule has 1 aliphatic rings. The molecule has 0 bridgehead atoms. The van der Waals surface area contributed by atoms with Crippen LogP contribution in [0, 0.1) is 0 Å². The summed E-state index contributed by atoms with van der Waals surface area (Å²) in [5.41, 5.74) is 5.46.